The van der Waals surface area contributed by atoms with Gasteiger partial charge in [0.2, 0.25) is 0 Å². The number of ketones is 1. The van der Waals surface area contributed by atoms with Gasteiger partial charge in [0.15, 0.2) is 5.78 Å². The Balaban J connectivity index is 2.05. The van der Waals surface area contributed by atoms with Crippen LogP contribution < -0.4 is 4.74 Å². The summed E-state index contributed by atoms with van der Waals surface area (Å²) < 4.78 is 6.26. The number of halogens is 1. The molecule has 0 atom stereocenters. The van der Waals surface area contributed by atoms with Crippen LogP contribution in [0.4, 0.5) is 0 Å². The van der Waals surface area contributed by atoms with E-state index in [0.29, 0.717) is 18.9 Å². The van der Waals surface area contributed by atoms with E-state index in [4.69, 9.17) is 4.74 Å². The van der Waals surface area contributed by atoms with E-state index < -0.39 is 0 Å². The standard InChI is InChI=1S/C15H19BrO2/c1-2-18-12-7-8-13(14(16)10-12)15(17)9-11-5-3-4-6-11/h7-8,10-11H,2-6,9H2,1H3. The van der Waals surface area contributed by atoms with E-state index in [-0.39, 0.29) is 5.78 Å². The van der Waals surface area contributed by atoms with Gasteiger partial charge < -0.3 is 4.74 Å². The van der Waals surface area contributed by atoms with Gasteiger partial charge in [-0.25, -0.2) is 0 Å². The first-order chi connectivity index (χ1) is 8.70. The van der Waals surface area contributed by atoms with Crippen LogP contribution in [0, 0.1) is 5.92 Å². The maximum atomic E-state index is 12.2. The van der Waals surface area contributed by atoms with Crippen LogP contribution in [-0.2, 0) is 0 Å². The number of Topliss-reactive ketones (excluding diaryl/α,β-unsaturated/α-hetero) is 1. The lowest BCUT2D eigenvalue weighted by molar-refractivity contribution is 0.0961. The molecule has 0 N–H and O–H groups in total. The number of hydrogen-bond donors (Lipinski definition) is 0. The maximum Gasteiger partial charge on any atom is 0.164 e. The summed E-state index contributed by atoms with van der Waals surface area (Å²) in [6, 6.07) is 5.62. The second-order valence-corrected chi connectivity index (χ2v) is 5.71. The van der Waals surface area contributed by atoms with E-state index in [9.17, 15) is 4.79 Å². The lowest BCUT2D eigenvalue weighted by atomic mass is 9.97. The Morgan fingerprint density at radius 2 is 2.11 bits per heavy atom. The highest BCUT2D eigenvalue weighted by Gasteiger charge is 2.20. The summed E-state index contributed by atoms with van der Waals surface area (Å²) in [7, 11) is 0. The number of hydrogen-bond acceptors (Lipinski definition) is 2. The van der Waals surface area contributed by atoms with E-state index in [1.54, 1.807) is 0 Å². The normalized spacial score (nSPS) is 15.9. The molecule has 18 heavy (non-hydrogen) atoms. The van der Waals surface area contributed by atoms with Crippen LogP contribution in [0.25, 0.3) is 0 Å². The minimum atomic E-state index is 0.247. The first kappa shape index (κ1) is 13.6. The molecule has 0 spiro atoms. The zero-order valence-corrected chi connectivity index (χ0v) is 12.3. The van der Waals surface area contributed by atoms with Crippen molar-refractivity contribution >= 4 is 21.7 Å². The Morgan fingerprint density at radius 1 is 1.39 bits per heavy atom. The van der Waals surface area contributed by atoms with Crippen LogP contribution in [0.5, 0.6) is 5.75 Å². The quantitative estimate of drug-likeness (QED) is 0.742. The van der Waals surface area contributed by atoms with Crippen molar-refractivity contribution in [1.82, 2.24) is 0 Å². The molecule has 0 aromatic heterocycles. The van der Waals surface area contributed by atoms with Gasteiger partial charge in [0, 0.05) is 16.5 Å². The Bertz CT molecular complexity index is 423. The van der Waals surface area contributed by atoms with E-state index in [2.05, 4.69) is 15.9 Å². The second kappa shape index (κ2) is 6.37. The Morgan fingerprint density at radius 3 is 2.72 bits per heavy atom. The zero-order chi connectivity index (χ0) is 13.0. The van der Waals surface area contributed by atoms with Gasteiger partial charge >= 0.3 is 0 Å². The lowest BCUT2D eigenvalue weighted by Gasteiger charge is -2.10. The van der Waals surface area contributed by atoms with Crippen LogP contribution >= 0.6 is 15.9 Å². The van der Waals surface area contributed by atoms with Gasteiger partial charge in [-0.1, -0.05) is 25.7 Å². The summed E-state index contributed by atoms with van der Waals surface area (Å²) in [5, 5.41) is 0. The molecular weight excluding hydrogens is 292 g/mol. The fraction of sp³-hybridized carbons (Fsp3) is 0.533. The summed E-state index contributed by atoms with van der Waals surface area (Å²) in [5.41, 5.74) is 0.783. The minimum absolute atomic E-state index is 0.247. The van der Waals surface area contributed by atoms with Crippen LogP contribution in [0.15, 0.2) is 22.7 Å². The van der Waals surface area contributed by atoms with E-state index in [1.807, 2.05) is 25.1 Å². The zero-order valence-electron chi connectivity index (χ0n) is 10.7. The first-order valence-electron chi connectivity index (χ1n) is 6.66. The molecule has 0 amide bonds. The van der Waals surface area contributed by atoms with Gasteiger partial charge in [-0.05, 0) is 47.0 Å². The fourth-order valence-electron chi connectivity index (χ4n) is 2.57. The molecule has 0 saturated heterocycles. The van der Waals surface area contributed by atoms with Crippen molar-refractivity contribution in [3.63, 3.8) is 0 Å². The van der Waals surface area contributed by atoms with E-state index in [0.717, 1.165) is 15.8 Å². The van der Waals surface area contributed by atoms with Crippen molar-refractivity contribution < 1.29 is 9.53 Å². The molecular formula is C15H19BrO2. The number of ether oxygens (including phenoxy) is 1. The van der Waals surface area contributed by atoms with Gasteiger partial charge in [0.05, 0.1) is 6.61 Å². The molecule has 1 aromatic carbocycles. The van der Waals surface area contributed by atoms with E-state index in [1.165, 1.54) is 25.7 Å². The molecule has 1 saturated carbocycles. The Labute approximate surface area is 117 Å². The molecule has 98 valence electrons. The Hall–Kier alpha value is -0.830. The van der Waals surface area contributed by atoms with Gasteiger partial charge in [0.25, 0.3) is 0 Å². The summed E-state index contributed by atoms with van der Waals surface area (Å²) >= 11 is 3.47. The van der Waals surface area contributed by atoms with Crippen molar-refractivity contribution in [2.45, 2.75) is 39.0 Å². The highest BCUT2D eigenvalue weighted by Crippen LogP contribution is 2.31. The van der Waals surface area contributed by atoms with Crippen molar-refractivity contribution in [1.29, 1.82) is 0 Å². The number of benzene rings is 1. The summed E-state index contributed by atoms with van der Waals surface area (Å²) in [4.78, 5) is 12.2. The third-order valence-electron chi connectivity index (χ3n) is 3.50. The topological polar surface area (TPSA) is 26.3 Å². The SMILES string of the molecule is CCOc1ccc(C(=O)CC2CCCC2)c(Br)c1. The van der Waals surface area contributed by atoms with Crippen LogP contribution in [0.3, 0.4) is 0 Å². The third-order valence-corrected chi connectivity index (χ3v) is 4.16. The van der Waals surface area contributed by atoms with Gasteiger partial charge in [-0.3, -0.25) is 4.79 Å². The van der Waals surface area contributed by atoms with Crippen molar-refractivity contribution in [3.05, 3.63) is 28.2 Å². The molecule has 0 aliphatic heterocycles. The highest BCUT2D eigenvalue weighted by molar-refractivity contribution is 9.10. The van der Waals surface area contributed by atoms with Gasteiger partial charge in [-0.2, -0.15) is 0 Å². The minimum Gasteiger partial charge on any atom is -0.494 e. The molecule has 1 fully saturated rings. The summed E-state index contributed by atoms with van der Waals surface area (Å²) in [6.45, 7) is 2.59. The average molecular weight is 311 g/mol. The molecule has 3 heteroatoms. The van der Waals surface area contributed by atoms with Crippen molar-refractivity contribution in [2.24, 2.45) is 5.92 Å². The molecule has 0 unspecified atom stereocenters. The van der Waals surface area contributed by atoms with Crippen LogP contribution in [0.2, 0.25) is 0 Å². The molecule has 2 rings (SSSR count). The largest absolute Gasteiger partial charge is 0.494 e. The molecule has 0 heterocycles. The van der Waals surface area contributed by atoms with Gasteiger partial charge in [-0.15, -0.1) is 0 Å². The lowest BCUT2D eigenvalue weighted by Crippen LogP contribution is -2.06. The number of carbonyl (C=O) groups is 1. The summed E-state index contributed by atoms with van der Waals surface area (Å²) in [5.74, 6) is 1.65. The average Bonchev–Trinajstić information content (AvgIpc) is 2.82. The third kappa shape index (κ3) is 3.35. The van der Waals surface area contributed by atoms with Crippen molar-refractivity contribution in [3.8, 4) is 5.75 Å². The molecule has 1 aliphatic carbocycles. The predicted octanol–water partition coefficient (Wildman–Crippen LogP) is 4.61. The molecule has 0 radical (unpaired) electrons. The molecule has 1 aliphatic rings. The summed E-state index contributed by atoms with van der Waals surface area (Å²) in [6.07, 6.45) is 5.66. The maximum absolute atomic E-state index is 12.2. The highest BCUT2D eigenvalue weighted by atomic mass is 79.9. The number of rotatable bonds is 5. The second-order valence-electron chi connectivity index (χ2n) is 4.85. The number of carbonyl (C=O) groups excluding carboxylic acids is 1. The first-order valence-corrected chi connectivity index (χ1v) is 7.45. The smallest absolute Gasteiger partial charge is 0.164 e. The fourth-order valence-corrected chi connectivity index (χ4v) is 3.14. The Kier molecular flexibility index (Phi) is 4.81. The monoisotopic (exact) mass is 310 g/mol. The van der Waals surface area contributed by atoms with Crippen LogP contribution in [-0.4, -0.2) is 12.4 Å². The molecule has 0 bridgehead atoms. The molecule has 1 aromatic rings. The van der Waals surface area contributed by atoms with Crippen LogP contribution in [0.1, 0.15) is 49.4 Å². The van der Waals surface area contributed by atoms with Gasteiger partial charge in [0.1, 0.15) is 5.75 Å². The molecule has 2 nitrogen and oxygen atoms in total. The van der Waals surface area contributed by atoms with E-state index >= 15 is 0 Å². The predicted molar refractivity (Wildman–Crippen MR) is 76.2 cm³/mol. The van der Waals surface area contributed by atoms with Crippen molar-refractivity contribution in [2.75, 3.05) is 6.61 Å².